The fraction of sp³-hybridized carbons (Fsp3) is 0.385. The number of carbonyl (C=O) groups excluding carboxylic acids is 1. The van der Waals surface area contributed by atoms with E-state index >= 15 is 0 Å². The van der Waals surface area contributed by atoms with E-state index < -0.39 is 6.10 Å². The van der Waals surface area contributed by atoms with Crippen LogP contribution in [0.3, 0.4) is 0 Å². The quantitative estimate of drug-likeness (QED) is 0.779. The molecule has 1 unspecified atom stereocenters. The average molecular weight is 246 g/mol. The Morgan fingerprint density at radius 1 is 1.39 bits per heavy atom. The van der Waals surface area contributed by atoms with E-state index in [0.29, 0.717) is 25.4 Å². The van der Waals surface area contributed by atoms with Crippen molar-refractivity contribution in [3.63, 3.8) is 0 Å². The van der Waals surface area contributed by atoms with E-state index in [4.69, 9.17) is 14.7 Å². The van der Waals surface area contributed by atoms with Gasteiger partial charge in [-0.05, 0) is 24.3 Å². The van der Waals surface area contributed by atoms with Crippen molar-refractivity contribution < 1.29 is 14.3 Å². The molecule has 0 aromatic heterocycles. The van der Waals surface area contributed by atoms with E-state index in [0.717, 1.165) is 5.69 Å². The number of rotatable bonds is 2. The fourth-order valence-corrected chi connectivity index (χ4v) is 1.73. The van der Waals surface area contributed by atoms with Crippen molar-refractivity contribution in [2.24, 2.45) is 0 Å². The summed E-state index contributed by atoms with van der Waals surface area (Å²) in [5.41, 5.74) is 1.30. The summed E-state index contributed by atoms with van der Waals surface area (Å²) >= 11 is 0. The predicted molar refractivity (Wildman–Crippen MR) is 65.1 cm³/mol. The van der Waals surface area contributed by atoms with Crippen LogP contribution in [0.4, 0.5) is 5.69 Å². The third kappa shape index (κ3) is 2.67. The molecule has 94 valence electrons. The third-order valence-corrected chi connectivity index (χ3v) is 2.81. The van der Waals surface area contributed by atoms with Gasteiger partial charge >= 0.3 is 0 Å². The van der Waals surface area contributed by atoms with Crippen molar-refractivity contribution in [1.29, 1.82) is 5.26 Å². The van der Waals surface area contributed by atoms with Crippen LogP contribution in [0.2, 0.25) is 0 Å². The van der Waals surface area contributed by atoms with Crippen LogP contribution >= 0.6 is 0 Å². The minimum atomic E-state index is -0.542. The average Bonchev–Trinajstić information content (AvgIpc) is 2.47. The highest BCUT2D eigenvalue weighted by Crippen LogP contribution is 2.16. The fourth-order valence-electron chi connectivity index (χ4n) is 1.73. The number of hydrogen-bond donors (Lipinski definition) is 0. The zero-order valence-electron chi connectivity index (χ0n) is 10.1. The van der Waals surface area contributed by atoms with Crippen LogP contribution in [0.25, 0.3) is 0 Å². The molecular weight excluding hydrogens is 232 g/mol. The van der Waals surface area contributed by atoms with E-state index in [1.54, 1.807) is 31.3 Å². The van der Waals surface area contributed by atoms with Crippen LogP contribution in [-0.2, 0) is 14.3 Å². The SMILES string of the molecule is CN(C(=O)C1COCCO1)c1ccc(C#N)cc1. The van der Waals surface area contributed by atoms with Gasteiger partial charge in [0.2, 0.25) is 0 Å². The minimum absolute atomic E-state index is 0.139. The molecule has 1 amide bonds. The Morgan fingerprint density at radius 2 is 2.11 bits per heavy atom. The highest BCUT2D eigenvalue weighted by atomic mass is 16.6. The topological polar surface area (TPSA) is 62.6 Å². The summed E-state index contributed by atoms with van der Waals surface area (Å²) in [6.45, 7) is 1.27. The number of ether oxygens (including phenoxy) is 2. The molecule has 5 heteroatoms. The lowest BCUT2D eigenvalue weighted by atomic mass is 10.2. The van der Waals surface area contributed by atoms with E-state index in [-0.39, 0.29) is 5.91 Å². The highest BCUT2D eigenvalue weighted by Gasteiger charge is 2.26. The summed E-state index contributed by atoms with van der Waals surface area (Å²) in [5, 5.41) is 8.71. The van der Waals surface area contributed by atoms with Gasteiger partial charge in [0.05, 0.1) is 31.5 Å². The van der Waals surface area contributed by atoms with Crippen LogP contribution in [0, 0.1) is 11.3 Å². The zero-order chi connectivity index (χ0) is 13.0. The van der Waals surface area contributed by atoms with Gasteiger partial charge in [0.25, 0.3) is 5.91 Å². The molecule has 0 radical (unpaired) electrons. The van der Waals surface area contributed by atoms with Gasteiger partial charge in [-0.2, -0.15) is 5.26 Å². The molecule has 0 aliphatic carbocycles. The van der Waals surface area contributed by atoms with E-state index in [1.165, 1.54) is 4.90 Å². The Labute approximate surface area is 106 Å². The number of nitrogens with zero attached hydrogens (tertiary/aromatic N) is 2. The lowest BCUT2D eigenvalue weighted by molar-refractivity contribution is -0.144. The van der Waals surface area contributed by atoms with Gasteiger partial charge in [-0.3, -0.25) is 4.79 Å². The van der Waals surface area contributed by atoms with Crippen molar-refractivity contribution in [1.82, 2.24) is 0 Å². The van der Waals surface area contributed by atoms with Gasteiger partial charge in [0.15, 0.2) is 6.10 Å². The van der Waals surface area contributed by atoms with Gasteiger partial charge < -0.3 is 14.4 Å². The number of nitriles is 1. The van der Waals surface area contributed by atoms with Crippen LogP contribution < -0.4 is 4.90 Å². The molecule has 0 N–H and O–H groups in total. The minimum Gasteiger partial charge on any atom is -0.376 e. The molecule has 2 rings (SSSR count). The summed E-state index contributed by atoms with van der Waals surface area (Å²) < 4.78 is 10.6. The maximum absolute atomic E-state index is 12.1. The van der Waals surface area contributed by atoms with Crippen molar-refractivity contribution >= 4 is 11.6 Å². The third-order valence-electron chi connectivity index (χ3n) is 2.81. The molecule has 1 atom stereocenters. The summed E-state index contributed by atoms with van der Waals surface area (Å²) in [5.74, 6) is -0.139. The van der Waals surface area contributed by atoms with Crippen molar-refractivity contribution in [3.8, 4) is 6.07 Å². The number of amides is 1. The number of carbonyl (C=O) groups is 1. The molecule has 0 spiro atoms. The molecule has 1 heterocycles. The second-order valence-electron chi connectivity index (χ2n) is 3.99. The molecule has 0 bridgehead atoms. The molecule has 5 nitrogen and oxygen atoms in total. The van der Waals surface area contributed by atoms with Gasteiger partial charge in [-0.15, -0.1) is 0 Å². The normalized spacial score (nSPS) is 19.0. The van der Waals surface area contributed by atoms with Crippen LogP contribution in [0.1, 0.15) is 5.56 Å². The van der Waals surface area contributed by atoms with Gasteiger partial charge in [-0.1, -0.05) is 0 Å². The summed E-state index contributed by atoms with van der Waals surface area (Å²) in [6, 6.07) is 8.87. The van der Waals surface area contributed by atoms with Crippen LogP contribution in [0.15, 0.2) is 24.3 Å². The summed E-state index contributed by atoms with van der Waals surface area (Å²) in [4.78, 5) is 13.6. The number of hydrogen-bond acceptors (Lipinski definition) is 4. The second kappa shape index (κ2) is 5.63. The van der Waals surface area contributed by atoms with Gasteiger partial charge in [0, 0.05) is 12.7 Å². The van der Waals surface area contributed by atoms with E-state index in [9.17, 15) is 4.79 Å². The Morgan fingerprint density at radius 3 is 2.67 bits per heavy atom. The smallest absolute Gasteiger partial charge is 0.258 e. The lowest BCUT2D eigenvalue weighted by Gasteiger charge is -2.26. The molecule has 1 aromatic carbocycles. The first-order chi connectivity index (χ1) is 8.72. The molecule has 0 saturated carbocycles. The maximum Gasteiger partial charge on any atom is 0.258 e. The van der Waals surface area contributed by atoms with Crippen LogP contribution in [-0.4, -0.2) is 38.9 Å². The van der Waals surface area contributed by atoms with Gasteiger partial charge in [-0.25, -0.2) is 0 Å². The number of likely N-dealkylation sites (N-methyl/N-ethyl adjacent to an activating group) is 1. The maximum atomic E-state index is 12.1. The standard InChI is InChI=1S/C13H14N2O3/c1-15(11-4-2-10(8-14)3-5-11)13(16)12-9-17-6-7-18-12/h2-5,12H,6-7,9H2,1H3. The lowest BCUT2D eigenvalue weighted by Crippen LogP contribution is -2.43. The molecular formula is C13H14N2O3. The molecule has 1 aliphatic heterocycles. The van der Waals surface area contributed by atoms with Crippen LogP contribution in [0.5, 0.6) is 0 Å². The highest BCUT2D eigenvalue weighted by molar-refractivity contribution is 5.96. The monoisotopic (exact) mass is 246 g/mol. The Hall–Kier alpha value is -1.90. The molecule has 1 saturated heterocycles. The first kappa shape index (κ1) is 12.6. The molecule has 1 aromatic rings. The van der Waals surface area contributed by atoms with Crippen molar-refractivity contribution in [2.45, 2.75) is 6.10 Å². The molecule has 1 aliphatic rings. The Kier molecular flexibility index (Phi) is 3.92. The first-order valence-corrected chi connectivity index (χ1v) is 5.69. The van der Waals surface area contributed by atoms with E-state index in [2.05, 4.69) is 0 Å². The number of anilines is 1. The zero-order valence-corrected chi connectivity index (χ0v) is 10.1. The summed E-state index contributed by atoms with van der Waals surface area (Å²) in [6.07, 6.45) is -0.542. The van der Waals surface area contributed by atoms with E-state index in [1.807, 2.05) is 6.07 Å². The van der Waals surface area contributed by atoms with Crippen molar-refractivity contribution in [3.05, 3.63) is 29.8 Å². The Bertz CT molecular complexity index is 458. The molecule has 1 fully saturated rings. The molecule has 18 heavy (non-hydrogen) atoms. The summed E-state index contributed by atoms with van der Waals surface area (Å²) in [7, 11) is 1.68. The largest absolute Gasteiger partial charge is 0.376 e. The number of benzene rings is 1. The predicted octanol–water partition coefficient (Wildman–Crippen LogP) is 0.936. The van der Waals surface area contributed by atoms with Gasteiger partial charge in [0.1, 0.15) is 0 Å². The second-order valence-corrected chi connectivity index (χ2v) is 3.99. The first-order valence-electron chi connectivity index (χ1n) is 5.69. The van der Waals surface area contributed by atoms with Crippen molar-refractivity contribution in [2.75, 3.05) is 31.8 Å². The Balaban J connectivity index is 2.07.